The maximum absolute atomic E-state index is 11.6. The second kappa shape index (κ2) is 14.0. The van der Waals surface area contributed by atoms with Crippen LogP contribution < -0.4 is 9.47 Å². The third-order valence-electron chi connectivity index (χ3n) is 5.54. The van der Waals surface area contributed by atoms with Crippen molar-refractivity contribution >= 4 is 17.9 Å². The molecule has 2 rings (SSSR count). The zero-order valence-corrected chi connectivity index (χ0v) is 21.0. The summed E-state index contributed by atoms with van der Waals surface area (Å²) in [5.74, 6) is -0.884. The molecular formula is C31H30O6. The molecule has 0 saturated heterocycles. The Hall–Kier alpha value is -4.71. The SMILES string of the molecule is C=CC(=O)O/C=C/C=C(\C=C/C)C(CC)(c1ccc(OC(=O)C=C)cc1)c1ccc(OC(=O)C=C)cc1. The first-order chi connectivity index (χ1) is 17.8. The molecule has 0 atom stereocenters. The topological polar surface area (TPSA) is 78.9 Å². The van der Waals surface area contributed by atoms with Gasteiger partial charge in [0, 0.05) is 23.6 Å². The second-order valence-corrected chi connectivity index (χ2v) is 7.65. The largest absolute Gasteiger partial charge is 0.431 e. The van der Waals surface area contributed by atoms with Crippen molar-refractivity contribution in [1.29, 1.82) is 0 Å². The van der Waals surface area contributed by atoms with E-state index in [1.54, 1.807) is 30.3 Å². The predicted octanol–water partition coefficient (Wildman–Crippen LogP) is 6.31. The van der Waals surface area contributed by atoms with Gasteiger partial charge in [0.05, 0.1) is 6.26 Å². The number of hydrogen-bond donors (Lipinski definition) is 0. The maximum Gasteiger partial charge on any atom is 0.335 e. The van der Waals surface area contributed by atoms with E-state index in [4.69, 9.17) is 14.2 Å². The van der Waals surface area contributed by atoms with Gasteiger partial charge in [-0.1, -0.05) is 69.2 Å². The first-order valence-electron chi connectivity index (χ1n) is 11.6. The van der Waals surface area contributed by atoms with Crippen molar-refractivity contribution in [3.63, 3.8) is 0 Å². The summed E-state index contributed by atoms with van der Waals surface area (Å²) in [7, 11) is 0. The van der Waals surface area contributed by atoms with E-state index in [-0.39, 0.29) is 0 Å². The molecule has 0 unspecified atom stereocenters. The minimum Gasteiger partial charge on any atom is -0.431 e. The fraction of sp³-hybridized carbons (Fsp3) is 0.129. The summed E-state index contributed by atoms with van der Waals surface area (Å²) in [6.07, 6.45) is 12.6. The fourth-order valence-corrected chi connectivity index (χ4v) is 3.86. The Bertz CT molecular complexity index is 1160. The Balaban J connectivity index is 2.67. The minimum absolute atomic E-state index is 0.387. The highest BCUT2D eigenvalue weighted by Crippen LogP contribution is 2.44. The summed E-state index contributed by atoms with van der Waals surface area (Å²) in [5, 5.41) is 0. The molecule has 0 radical (unpaired) electrons. The van der Waals surface area contributed by atoms with Crippen molar-refractivity contribution in [2.45, 2.75) is 25.7 Å². The van der Waals surface area contributed by atoms with Crippen LogP contribution in [-0.2, 0) is 24.5 Å². The number of carbonyl (C=O) groups excluding carboxylic acids is 3. The lowest BCUT2D eigenvalue weighted by atomic mass is 9.67. The van der Waals surface area contributed by atoms with Crippen LogP contribution >= 0.6 is 0 Å². The smallest absolute Gasteiger partial charge is 0.335 e. The van der Waals surface area contributed by atoms with Crippen LogP contribution in [0.4, 0.5) is 0 Å². The van der Waals surface area contributed by atoms with E-state index < -0.39 is 23.3 Å². The van der Waals surface area contributed by atoms with E-state index in [1.807, 2.05) is 49.4 Å². The molecule has 6 nitrogen and oxygen atoms in total. The highest BCUT2D eigenvalue weighted by molar-refractivity contribution is 5.84. The number of rotatable bonds is 12. The van der Waals surface area contributed by atoms with Gasteiger partial charge < -0.3 is 14.2 Å². The van der Waals surface area contributed by atoms with Crippen LogP contribution in [0.25, 0.3) is 0 Å². The van der Waals surface area contributed by atoms with E-state index >= 15 is 0 Å². The van der Waals surface area contributed by atoms with E-state index in [0.29, 0.717) is 17.9 Å². The minimum atomic E-state index is -0.665. The fourth-order valence-electron chi connectivity index (χ4n) is 3.86. The summed E-state index contributed by atoms with van der Waals surface area (Å²) in [6.45, 7) is 14.2. The Morgan fingerprint density at radius 2 is 1.24 bits per heavy atom. The summed E-state index contributed by atoms with van der Waals surface area (Å²) >= 11 is 0. The van der Waals surface area contributed by atoms with Gasteiger partial charge in [-0.25, -0.2) is 14.4 Å². The van der Waals surface area contributed by atoms with E-state index in [1.165, 1.54) is 6.26 Å². The number of esters is 3. The van der Waals surface area contributed by atoms with E-state index in [2.05, 4.69) is 26.7 Å². The first-order valence-corrected chi connectivity index (χ1v) is 11.6. The number of benzene rings is 2. The maximum atomic E-state index is 11.6. The van der Waals surface area contributed by atoms with Crippen LogP contribution in [0.2, 0.25) is 0 Å². The lowest BCUT2D eigenvalue weighted by Crippen LogP contribution is -2.29. The zero-order valence-electron chi connectivity index (χ0n) is 21.0. The molecule has 0 saturated carbocycles. The summed E-state index contributed by atoms with van der Waals surface area (Å²) in [5.41, 5.74) is 2.08. The number of ether oxygens (including phenoxy) is 3. The van der Waals surface area contributed by atoms with Gasteiger partial charge in [0.25, 0.3) is 0 Å². The van der Waals surface area contributed by atoms with Crippen molar-refractivity contribution in [2.75, 3.05) is 0 Å². The van der Waals surface area contributed by atoms with Crippen LogP contribution in [0, 0.1) is 0 Å². The van der Waals surface area contributed by atoms with Gasteiger partial charge in [0.1, 0.15) is 11.5 Å². The van der Waals surface area contributed by atoms with Gasteiger partial charge in [-0.3, -0.25) is 0 Å². The van der Waals surface area contributed by atoms with Gasteiger partial charge in [-0.05, 0) is 60.4 Å². The van der Waals surface area contributed by atoms with Crippen LogP contribution in [0.15, 0.2) is 123 Å². The van der Waals surface area contributed by atoms with Gasteiger partial charge in [-0.2, -0.15) is 0 Å². The molecule has 0 bridgehead atoms. The molecule has 6 heteroatoms. The first kappa shape index (κ1) is 28.5. The van der Waals surface area contributed by atoms with E-state index in [0.717, 1.165) is 34.9 Å². The van der Waals surface area contributed by atoms with Crippen molar-refractivity contribution in [1.82, 2.24) is 0 Å². The molecular weight excluding hydrogens is 468 g/mol. The molecule has 0 aliphatic heterocycles. The standard InChI is InChI=1S/C31H30O6/c1-6-12-23(13-11-22-35-28(32)7-2)31(10-5,24-14-18-26(19-15-24)36-29(33)8-3)25-16-20-27(21-17-25)37-30(34)9-4/h6-9,11-22H,2-4,10H2,1,5H3/b12-6-,22-11+,23-13+. The van der Waals surface area contributed by atoms with E-state index in [9.17, 15) is 14.4 Å². The van der Waals surface area contributed by atoms with Gasteiger partial charge >= 0.3 is 17.9 Å². The molecule has 0 amide bonds. The van der Waals surface area contributed by atoms with Crippen LogP contribution in [0.3, 0.4) is 0 Å². The van der Waals surface area contributed by atoms with Crippen molar-refractivity contribution in [2.24, 2.45) is 0 Å². The second-order valence-electron chi connectivity index (χ2n) is 7.65. The van der Waals surface area contributed by atoms with Crippen LogP contribution in [0.5, 0.6) is 11.5 Å². The van der Waals surface area contributed by atoms with Crippen molar-refractivity contribution < 1.29 is 28.6 Å². The lowest BCUT2D eigenvalue weighted by molar-refractivity contribution is -0.132. The predicted molar refractivity (Wildman–Crippen MR) is 144 cm³/mol. The average Bonchev–Trinajstić information content (AvgIpc) is 2.92. The molecule has 0 aliphatic carbocycles. The summed E-state index contributed by atoms with van der Waals surface area (Å²) in [6, 6.07) is 14.4. The Morgan fingerprint density at radius 3 is 1.62 bits per heavy atom. The lowest BCUT2D eigenvalue weighted by Gasteiger charge is -2.36. The molecule has 0 aliphatic rings. The normalized spacial score (nSPS) is 11.7. The number of hydrogen-bond acceptors (Lipinski definition) is 6. The van der Waals surface area contributed by atoms with Gasteiger partial charge in [0.2, 0.25) is 0 Å². The molecule has 0 spiro atoms. The van der Waals surface area contributed by atoms with Crippen molar-refractivity contribution in [3.8, 4) is 11.5 Å². The highest BCUT2D eigenvalue weighted by Gasteiger charge is 2.35. The number of carbonyl (C=O) groups is 3. The molecule has 2 aromatic carbocycles. The molecule has 2 aromatic rings. The van der Waals surface area contributed by atoms with Crippen molar-refractivity contribution in [3.05, 3.63) is 134 Å². The third kappa shape index (κ3) is 7.39. The average molecular weight is 499 g/mol. The summed E-state index contributed by atoms with van der Waals surface area (Å²) < 4.78 is 15.5. The Kier molecular flexibility index (Phi) is 10.8. The van der Waals surface area contributed by atoms with Gasteiger partial charge in [-0.15, -0.1) is 0 Å². The van der Waals surface area contributed by atoms with Crippen LogP contribution in [0.1, 0.15) is 31.4 Å². The molecule has 0 fully saturated rings. The molecule has 0 aromatic heterocycles. The quantitative estimate of drug-likeness (QED) is 0.112. The van der Waals surface area contributed by atoms with Crippen LogP contribution in [-0.4, -0.2) is 17.9 Å². The molecule has 0 heterocycles. The Morgan fingerprint density at radius 1 is 0.784 bits per heavy atom. The summed E-state index contributed by atoms with van der Waals surface area (Å²) in [4.78, 5) is 34.7. The Labute approximate surface area is 217 Å². The zero-order chi connectivity index (χ0) is 27.3. The number of allylic oxidation sites excluding steroid dienone is 5. The molecule has 190 valence electrons. The molecule has 37 heavy (non-hydrogen) atoms. The third-order valence-corrected chi connectivity index (χ3v) is 5.54. The van der Waals surface area contributed by atoms with Gasteiger partial charge in [0.15, 0.2) is 0 Å². The highest BCUT2D eigenvalue weighted by atomic mass is 16.5. The molecule has 0 N–H and O–H groups in total. The monoisotopic (exact) mass is 498 g/mol.